The van der Waals surface area contributed by atoms with Gasteiger partial charge in [-0.3, -0.25) is 0 Å². The third-order valence-electron chi connectivity index (χ3n) is 1.21. The summed E-state index contributed by atoms with van der Waals surface area (Å²) in [5.74, 6) is 0.869. The fraction of sp³-hybridized carbons (Fsp3) is 0.667. The van der Waals surface area contributed by atoms with Crippen LogP contribution in [0.3, 0.4) is 0 Å². The summed E-state index contributed by atoms with van der Waals surface area (Å²) < 4.78 is 0. The molecule has 6 heteroatoms. The van der Waals surface area contributed by atoms with Gasteiger partial charge in [0.15, 0.2) is 0 Å². The third-order valence-corrected chi connectivity index (χ3v) is 2.56. The van der Waals surface area contributed by atoms with Crippen LogP contribution in [0.15, 0.2) is 0 Å². The van der Waals surface area contributed by atoms with Gasteiger partial charge in [-0.05, 0) is 0 Å². The van der Waals surface area contributed by atoms with E-state index in [0.29, 0.717) is 21.4 Å². The molecule has 0 radical (unpaired) electrons. The summed E-state index contributed by atoms with van der Waals surface area (Å²) in [6.07, 6.45) is -0.913. The standard InChI is InChI=1S/C6H11NO4Se/c1-12-3-2-4(5(8)9)7-6(10)11/h4,7H,2-3H2,1H3,(H,8,9)(H,10,11). The van der Waals surface area contributed by atoms with Crippen molar-refractivity contribution in [3.8, 4) is 0 Å². The first-order valence-corrected chi connectivity index (χ1v) is 6.21. The van der Waals surface area contributed by atoms with Crippen molar-refractivity contribution in [1.29, 1.82) is 0 Å². The Morgan fingerprint density at radius 2 is 2.08 bits per heavy atom. The average Bonchev–Trinajstić information content (AvgIpc) is 1.96. The van der Waals surface area contributed by atoms with E-state index in [-0.39, 0.29) is 0 Å². The minimum absolute atomic E-state index is 0.373. The van der Waals surface area contributed by atoms with Crippen LogP contribution in [0.4, 0.5) is 4.79 Å². The van der Waals surface area contributed by atoms with E-state index in [1.165, 1.54) is 0 Å². The molecule has 0 aliphatic heterocycles. The fourth-order valence-electron chi connectivity index (χ4n) is 0.642. The first-order valence-electron chi connectivity index (χ1n) is 3.29. The molecule has 0 aromatic carbocycles. The summed E-state index contributed by atoms with van der Waals surface area (Å²) in [4.78, 5) is 20.5. The monoisotopic (exact) mass is 241 g/mol. The van der Waals surface area contributed by atoms with E-state index in [0.717, 1.165) is 5.32 Å². The van der Waals surface area contributed by atoms with E-state index in [4.69, 9.17) is 10.2 Å². The zero-order valence-electron chi connectivity index (χ0n) is 6.61. The number of hydrogen-bond acceptors (Lipinski definition) is 2. The van der Waals surface area contributed by atoms with E-state index < -0.39 is 18.1 Å². The number of amides is 1. The van der Waals surface area contributed by atoms with Crippen LogP contribution in [-0.4, -0.2) is 43.3 Å². The molecule has 12 heavy (non-hydrogen) atoms. The molecular weight excluding hydrogens is 229 g/mol. The van der Waals surface area contributed by atoms with Crippen molar-refractivity contribution in [2.75, 3.05) is 0 Å². The molecule has 5 nitrogen and oxygen atoms in total. The number of carboxylic acids is 1. The number of carboxylic acid groups (broad SMARTS) is 2. The second-order valence-electron chi connectivity index (χ2n) is 2.12. The first kappa shape index (κ1) is 11.3. The number of nitrogens with one attached hydrogen (secondary N) is 1. The molecule has 3 N–H and O–H groups in total. The van der Waals surface area contributed by atoms with Gasteiger partial charge < -0.3 is 0 Å². The van der Waals surface area contributed by atoms with E-state index in [1.54, 1.807) is 0 Å². The number of rotatable bonds is 5. The minimum atomic E-state index is -1.29. The van der Waals surface area contributed by atoms with E-state index in [1.807, 2.05) is 11.1 Å². The Balaban J connectivity index is 3.87. The van der Waals surface area contributed by atoms with Crippen LogP contribution in [0.5, 0.6) is 0 Å². The summed E-state index contributed by atoms with van der Waals surface area (Å²) in [5, 5.41) is 19.5. The van der Waals surface area contributed by atoms with Crippen molar-refractivity contribution in [2.45, 2.75) is 23.6 Å². The molecule has 0 fully saturated rings. The van der Waals surface area contributed by atoms with E-state index in [2.05, 4.69) is 0 Å². The Hall–Kier alpha value is -0.741. The van der Waals surface area contributed by atoms with Gasteiger partial charge in [0.25, 0.3) is 0 Å². The van der Waals surface area contributed by atoms with Crippen molar-refractivity contribution in [3.63, 3.8) is 0 Å². The van der Waals surface area contributed by atoms with Crippen LogP contribution >= 0.6 is 0 Å². The van der Waals surface area contributed by atoms with Crippen molar-refractivity contribution in [3.05, 3.63) is 0 Å². The third kappa shape index (κ3) is 4.98. The molecule has 70 valence electrons. The first-order chi connectivity index (χ1) is 5.57. The molecule has 0 aromatic rings. The van der Waals surface area contributed by atoms with Crippen LogP contribution in [0.2, 0.25) is 11.1 Å². The molecule has 0 rings (SSSR count). The van der Waals surface area contributed by atoms with Crippen LogP contribution in [0.25, 0.3) is 0 Å². The molecule has 0 saturated heterocycles. The molecule has 1 amide bonds. The van der Waals surface area contributed by atoms with Gasteiger partial charge in [-0.15, -0.1) is 0 Å². The second kappa shape index (κ2) is 5.85. The predicted molar refractivity (Wildman–Crippen MR) is 43.6 cm³/mol. The summed E-state index contributed by atoms with van der Waals surface area (Å²) in [6.45, 7) is 0. The average molecular weight is 240 g/mol. The molecule has 1 unspecified atom stereocenters. The van der Waals surface area contributed by atoms with Gasteiger partial charge in [0.05, 0.1) is 0 Å². The Morgan fingerprint density at radius 3 is 2.42 bits per heavy atom. The van der Waals surface area contributed by atoms with Gasteiger partial charge in [0.1, 0.15) is 0 Å². The Kier molecular flexibility index (Phi) is 5.49. The SMILES string of the molecule is C[Se]CCC(NC(=O)O)C(=O)O. The zero-order chi connectivity index (χ0) is 9.56. The van der Waals surface area contributed by atoms with Crippen LogP contribution < -0.4 is 5.32 Å². The topological polar surface area (TPSA) is 86.6 Å². The van der Waals surface area contributed by atoms with Gasteiger partial charge in [0, 0.05) is 0 Å². The Labute approximate surface area is 76.3 Å². The number of hydrogen-bond donors (Lipinski definition) is 3. The van der Waals surface area contributed by atoms with Crippen molar-refractivity contribution >= 4 is 27.0 Å². The molecule has 0 aromatic heterocycles. The van der Waals surface area contributed by atoms with E-state index in [9.17, 15) is 9.59 Å². The van der Waals surface area contributed by atoms with Gasteiger partial charge in [-0.1, -0.05) is 0 Å². The molecule has 1 atom stereocenters. The zero-order valence-corrected chi connectivity index (χ0v) is 8.32. The summed E-state index contributed by atoms with van der Waals surface area (Å²) in [7, 11) is 0. The summed E-state index contributed by atoms with van der Waals surface area (Å²) >= 11 is 0.383. The summed E-state index contributed by atoms with van der Waals surface area (Å²) in [6, 6.07) is -0.954. The fourth-order valence-corrected chi connectivity index (χ4v) is 1.63. The van der Waals surface area contributed by atoms with Gasteiger partial charge in [0.2, 0.25) is 0 Å². The van der Waals surface area contributed by atoms with Crippen molar-refractivity contribution in [1.82, 2.24) is 5.32 Å². The van der Waals surface area contributed by atoms with Crippen molar-refractivity contribution < 1.29 is 19.8 Å². The number of carbonyl (C=O) groups is 2. The maximum atomic E-state index is 10.4. The normalized spacial score (nSPS) is 12.1. The quantitative estimate of drug-likeness (QED) is 0.602. The van der Waals surface area contributed by atoms with Gasteiger partial charge in [-0.25, -0.2) is 0 Å². The van der Waals surface area contributed by atoms with E-state index >= 15 is 0 Å². The molecule has 0 aliphatic carbocycles. The molecule has 0 aliphatic rings. The predicted octanol–water partition coefficient (Wildman–Crippen LogP) is 0.268. The molecule has 0 saturated carbocycles. The summed E-state index contributed by atoms with van der Waals surface area (Å²) in [5.41, 5.74) is 0. The molecule has 0 spiro atoms. The van der Waals surface area contributed by atoms with Gasteiger partial charge >= 0.3 is 75.7 Å². The van der Waals surface area contributed by atoms with Gasteiger partial charge in [-0.2, -0.15) is 0 Å². The van der Waals surface area contributed by atoms with Crippen LogP contribution in [-0.2, 0) is 4.79 Å². The van der Waals surface area contributed by atoms with Crippen LogP contribution in [0.1, 0.15) is 6.42 Å². The van der Waals surface area contributed by atoms with Crippen LogP contribution in [0, 0.1) is 0 Å². The maximum absolute atomic E-state index is 10.4. The Morgan fingerprint density at radius 1 is 1.50 bits per heavy atom. The number of aliphatic carboxylic acids is 1. The molecule has 0 heterocycles. The molecular formula is C6H11NO4Se. The van der Waals surface area contributed by atoms with Crippen molar-refractivity contribution in [2.24, 2.45) is 0 Å². The Bertz CT molecular complexity index is 173. The second-order valence-corrected chi connectivity index (χ2v) is 4.19. The molecule has 0 bridgehead atoms.